The Hall–Kier alpha value is -1.87. The van der Waals surface area contributed by atoms with E-state index in [2.05, 4.69) is 10.6 Å². The Labute approximate surface area is 165 Å². The molecule has 0 radical (unpaired) electrons. The summed E-state index contributed by atoms with van der Waals surface area (Å²) in [5, 5.41) is 54.3. The Bertz CT molecular complexity index is 618. The molecule has 2 rings (SSSR count). The molecular weight excluding hydrogens is 396 g/mol. The average molecular weight is 422 g/mol. The fourth-order valence-electron chi connectivity index (χ4n) is 3.25. The molecular formula is C16H26N2O11. The molecule has 166 valence electrons. The van der Waals surface area contributed by atoms with E-state index in [9.17, 15) is 39.9 Å². The van der Waals surface area contributed by atoms with Crippen LogP contribution < -0.4 is 10.6 Å². The molecule has 0 bridgehead atoms. The molecule has 0 saturated carbocycles. The van der Waals surface area contributed by atoms with Gasteiger partial charge >= 0.3 is 5.97 Å². The highest BCUT2D eigenvalue weighted by Gasteiger charge is 2.51. The summed E-state index contributed by atoms with van der Waals surface area (Å²) >= 11 is 0. The van der Waals surface area contributed by atoms with Crippen molar-refractivity contribution in [2.75, 3.05) is 13.2 Å². The predicted octanol–water partition coefficient (Wildman–Crippen LogP) is -4.90. The second-order valence-electron chi connectivity index (χ2n) is 6.86. The van der Waals surface area contributed by atoms with Gasteiger partial charge in [0.25, 0.3) is 0 Å². The maximum absolute atomic E-state index is 12.0. The maximum atomic E-state index is 12.0. The van der Waals surface area contributed by atoms with Gasteiger partial charge in [0.1, 0.15) is 36.6 Å². The molecule has 29 heavy (non-hydrogen) atoms. The van der Waals surface area contributed by atoms with Crippen LogP contribution in [0.1, 0.15) is 13.8 Å². The van der Waals surface area contributed by atoms with Crippen molar-refractivity contribution in [1.29, 1.82) is 0 Å². The van der Waals surface area contributed by atoms with E-state index in [1.54, 1.807) is 0 Å². The van der Waals surface area contributed by atoms with Crippen molar-refractivity contribution in [2.24, 2.45) is 0 Å². The van der Waals surface area contributed by atoms with Gasteiger partial charge in [-0.2, -0.15) is 0 Å². The number of carbonyl (C=O) groups is 3. The number of carbonyl (C=O) groups excluding carboxylic acids is 3. The first kappa shape index (κ1) is 23.4. The van der Waals surface area contributed by atoms with E-state index < -0.39 is 86.0 Å². The largest absolute Gasteiger partial charge is 0.455 e. The van der Waals surface area contributed by atoms with Gasteiger partial charge in [-0.3, -0.25) is 9.59 Å². The lowest BCUT2D eigenvalue weighted by atomic mass is 9.95. The summed E-state index contributed by atoms with van der Waals surface area (Å²) in [6.45, 7) is 0.834. The van der Waals surface area contributed by atoms with Crippen LogP contribution in [-0.4, -0.2) is 112 Å². The van der Waals surface area contributed by atoms with Gasteiger partial charge in [-0.25, -0.2) is 4.79 Å². The van der Waals surface area contributed by atoms with Crippen LogP contribution in [-0.2, 0) is 28.6 Å². The van der Waals surface area contributed by atoms with Gasteiger partial charge in [-0.05, 0) is 0 Å². The highest BCUT2D eigenvalue weighted by Crippen LogP contribution is 2.27. The number of cyclic esters (lactones) is 1. The molecule has 2 aliphatic heterocycles. The van der Waals surface area contributed by atoms with Gasteiger partial charge in [0.05, 0.1) is 13.2 Å². The first-order chi connectivity index (χ1) is 13.6. The molecule has 0 aromatic rings. The molecule has 13 nitrogen and oxygen atoms in total. The lowest BCUT2D eigenvalue weighted by molar-refractivity contribution is -0.305. The lowest BCUT2D eigenvalue weighted by Crippen LogP contribution is -2.68. The number of esters is 1. The smallest absolute Gasteiger partial charge is 0.331 e. The molecule has 2 amide bonds. The van der Waals surface area contributed by atoms with Crippen molar-refractivity contribution in [1.82, 2.24) is 10.6 Å². The van der Waals surface area contributed by atoms with E-state index in [0.717, 1.165) is 13.8 Å². The van der Waals surface area contributed by atoms with Crippen LogP contribution in [0, 0.1) is 0 Å². The van der Waals surface area contributed by atoms with E-state index in [4.69, 9.17) is 14.2 Å². The van der Waals surface area contributed by atoms with Crippen molar-refractivity contribution in [3.05, 3.63) is 0 Å². The normalized spacial score (nSPS) is 40.1. The molecule has 2 saturated heterocycles. The minimum atomic E-state index is -1.67. The molecule has 0 aromatic carbocycles. The zero-order chi connectivity index (χ0) is 21.9. The lowest BCUT2D eigenvalue weighted by Gasteiger charge is -2.46. The number of hydrogen-bond donors (Lipinski definition) is 7. The molecule has 0 unspecified atom stereocenters. The Kier molecular flexibility index (Phi) is 7.87. The fraction of sp³-hybridized carbons (Fsp3) is 0.812. The number of ether oxygens (including phenoxy) is 3. The third kappa shape index (κ3) is 5.19. The van der Waals surface area contributed by atoms with Crippen LogP contribution in [0.3, 0.4) is 0 Å². The average Bonchev–Trinajstić information content (AvgIpc) is 2.65. The standard InChI is InChI=1S/C16H26N2O11/c1-5(21)17-9-13(25)14(8(4-20)27-15(9)26)29-16-10(18-6(2)22)12(24)11(23)7(3-19)28-16/h7-14,16,19-20,23-25H,3-4H2,1-2H3,(H,17,21)(H,18,22)/t7-,8-,9-,10-,11-,12-,13-,14-,16+/m1/s1. The van der Waals surface area contributed by atoms with Crippen molar-refractivity contribution in [3.63, 3.8) is 0 Å². The van der Waals surface area contributed by atoms with Crippen LogP contribution in [0.15, 0.2) is 0 Å². The predicted molar refractivity (Wildman–Crippen MR) is 90.8 cm³/mol. The summed E-state index contributed by atoms with van der Waals surface area (Å²) in [6, 6.07) is -2.80. The number of aliphatic hydroxyl groups is 5. The van der Waals surface area contributed by atoms with Gasteiger partial charge in [0.15, 0.2) is 18.4 Å². The topological polar surface area (TPSA) is 204 Å². The Morgan fingerprint density at radius 1 is 0.966 bits per heavy atom. The summed E-state index contributed by atoms with van der Waals surface area (Å²) in [7, 11) is 0. The van der Waals surface area contributed by atoms with Crippen molar-refractivity contribution in [2.45, 2.75) is 68.8 Å². The zero-order valence-electron chi connectivity index (χ0n) is 15.8. The summed E-state index contributed by atoms with van der Waals surface area (Å²) in [4.78, 5) is 34.8. The molecule has 13 heteroatoms. The minimum Gasteiger partial charge on any atom is -0.455 e. The molecule has 2 heterocycles. The third-order valence-corrected chi connectivity index (χ3v) is 4.65. The monoisotopic (exact) mass is 422 g/mol. The van der Waals surface area contributed by atoms with Gasteiger partial charge in [0.2, 0.25) is 11.8 Å². The SMILES string of the molecule is CC(=O)N[C@H]1[C@H](O[C@H]2[C@H](O)[C@@H](NC(C)=O)C(=O)O[C@@H]2CO)O[C@H](CO)[C@@H](O)[C@@H]1O. The molecule has 0 aromatic heterocycles. The van der Waals surface area contributed by atoms with Gasteiger partial charge in [-0.1, -0.05) is 0 Å². The fourth-order valence-corrected chi connectivity index (χ4v) is 3.25. The van der Waals surface area contributed by atoms with E-state index in [1.165, 1.54) is 0 Å². The summed E-state index contributed by atoms with van der Waals surface area (Å²) in [6.07, 6.45) is -10.4. The maximum Gasteiger partial charge on any atom is 0.331 e. The van der Waals surface area contributed by atoms with Crippen LogP contribution in [0.2, 0.25) is 0 Å². The van der Waals surface area contributed by atoms with E-state index >= 15 is 0 Å². The first-order valence-corrected chi connectivity index (χ1v) is 8.92. The van der Waals surface area contributed by atoms with Crippen LogP contribution in [0.25, 0.3) is 0 Å². The molecule has 0 aliphatic carbocycles. The Morgan fingerprint density at radius 3 is 2.07 bits per heavy atom. The van der Waals surface area contributed by atoms with E-state index in [1.807, 2.05) is 0 Å². The first-order valence-electron chi connectivity index (χ1n) is 8.92. The number of hydrogen-bond acceptors (Lipinski definition) is 11. The Morgan fingerprint density at radius 2 is 1.55 bits per heavy atom. The van der Waals surface area contributed by atoms with Gasteiger partial charge in [0, 0.05) is 13.8 Å². The minimum absolute atomic E-state index is 0.591. The summed E-state index contributed by atoms with van der Waals surface area (Å²) in [5.41, 5.74) is 0. The number of aliphatic hydroxyl groups excluding tert-OH is 5. The second-order valence-corrected chi connectivity index (χ2v) is 6.86. The Balaban J connectivity index is 2.28. The molecule has 0 spiro atoms. The van der Waals surface area contributed by atoms with E-state index in [0.29, 0.717) is 0 Å². The highest BCUT2D eigenvalue weighted by atomic mass is 16.7. The molecule has 9 atom stereocenters. The quantitative estimate of drug-likeness (QED) is 0.202. The summed E-state index contributed by atoms with van der Waals surface area (Å²) < 4.78 is 16.0. The van der Waals surface area contributed by atoms with Gasteiger partial charge < -0.3 is 50.4 Å². The van der Waals surface area contributed by atoms with Gasteiger partial charge in [-0.15, -0.1) is 0 Å². The third-order valence-electron chi connectivity index (χ3n) is 4.65. The van der Waals surface area contributed by atoms with E-state index in [-0.39, 0.29) is 0 Å². The number of nitrogens with one attached hydrogen (secondary N) is 2. The molecule has 2 aliphatic rings. The van der Waals surface area contributed by atoms with Crippen LogP contribution in [0.4, 0.5) is 0 Å². The zero-order valence-corrected chi connectivity index (χ0v) is 15.8. The number of amides is 2. The summed E-state index contributed by atoms with van der Waals surface area (Å²) in [5.74, 6) is -2.21. The van der Waals surface area contributed by atoms with Crippen LogP contribution in [0.5, 0.6) is 0 Å². The van der Waals surface area contributed by atoms with Crippen molar-refractivity contribution >= 4 is 17.8 Å². The molecule has 2 fully saturated rings. The molecule has 7 N–H and O–H groups in total. The number of rotatable bonds is 6. The van der Waals surface area contributed by atoms with Crippen molar-refractivity contribution < 1.29 is 54.1 Å². The highest BCUT2D eigenvalue weighted by molar-refractivity contribution is 5.84. The van der Waals surface area contributed by atoms with Crippen LogP contribution >= 0.6 is 0 Å². The van der Waals surface area contributed by atoms with Crippen molar-refractivity contribution in [3.8, 4) is 0 Å². The second kappa shape index (κ2) is 9.75.